The first-order valence-corrected chi connectivity index (χ1v) is 7.64. The molecule has 0 aliphatic heterocycles. The lowest BCUT2D eigenvalue weighted by Crippen LogP contribution is -2.45. The predicted octanol–water partition coefficient (Wildman–Crippen LogP) is 2.15. The highest BCUT2D eigenvalue weighted by Gasteiger charge is 2.21. The van der Waals surface area contributed by atoms with Crippen LogP contribution in [0.3, 0.4) is 0 Å². The number of benzene rings is 1. The van der Waals surface area contributed by atoms with Crippen molar-refractivity contribution in [1.82, 2.24) is 20.6 Å². The average molecular weight is 326 g/mol. The quantitative estimate of drug-likeness (QED) is 0.669. The molecule has 24 heavy (non-hydrogen) atoms. The Morgan fingerprint density at radius 3 is 2.62 bits per heavy atom. The number of hydrogen-bond acceptors (Lipinski definition) is 4. The van der Waals surface area contributed by atoms with Crippen molar-refractivity contribution in [2.24, 2.45) is 0 Å². The number of imidazole rings is 1. The largest absolute Gasteiger partial charge is 0.459 e. The van der Waals surface area contributed by atoms with Crippen LogP contribution in [0, 0.1) is 0 Å². The number of fused-ring (bicyclic) bond motifs is 1. The van der Waals surface area contributed by atoms with Crippen molar-refractivity contribution in [1.29, 1.82) is 0 Å². The highest BCUT2D eigenvalue weighted by atomic mass is 16.3. The Bertz CT molecular complexity index is 821. The lowest BCUT2D eigenvalue weighted by atomic mass is 10.2. The van der Waals surface area contributed by atoms with Crippen LogP contribution in [-0.4, -0.2) is 27.8 Å². The van der Waals surface area contributed by atoms with Gasteiger partial charge in [-0.05, 0) is 38.1 Å². The van der Waals surface area contributed by atoms with Crippen LogP contribution in [-0.2, 0) is 4.79 Å². The fraction of sp³-hybridized carbons (Fsp3) is 0.235. The fourth-order valence-corrected chi connectivity index (χ4v) is 2.33. The van der Waals surface area contributed by atoms with E-state index in [2.05, 4.69) is 20.6 Å². The molecular weight excluding hydrogens is 308 g/mol. The predicted molar refractivity (Wildman–Crippen MR) is 88.3 cm³/mol. The molecule has 0 saturated heterocycles. The molecular formula is C17H18N4O3. The summed E-state index contributed by atoms with van der Waals surface area (Å²) >= 11 is 0. The van der Waals surface area contributed by atoms with Gasteiger partial charge in [-0.3, -0.25) is 9.59 Å². The SMILES string of the molecule is CC(NC(=O)c1ccco1)C(=O)NC(C)c1nc2ccccc2[nH]1. The number of carbonyl (C=O) groups excluding carboxylic acids is 2. The van der Waals surface area contributed by atoms with Crippen LogP contribution in [0.2, 0.25) is 0 Å². The summed E-state index contributed by atoms with van der Waals surface area (Å²) in [5.41, 5.74) is 1.75. The zero-order valence-electron chi connectivity index (χ0n) is 13.4. The van der Waals surface area contributed by atoms with Gasteiger partial charge in [-0.15, -0.1) is 0 Å². The molecule has 2 aromatic heterocycles. The van der Waals surface area contributed by atoms with E-state index in [-0.39, 0.29) is 17.7 Å². The topological polar surface area (TPSA) is 100 Å². The highest BCUT2D eigenvalue weighted by Crippen LogP contribution is 2.15. The molecule has 0 radical (unpaired) electrons. The van der Waals surface area contributed by atoms with Crippen LogP contribution >= 0.6 is 0 Å². The van der Waals surface area contributed by atoms with Crippen LogP contribution in [0.25, 0.3) is 11.0 Å². The third-order valence-corrected chi connectivity index (χ3v) is 3.66. The number of nitrogens with zero attached hydrogens (tertiary/aromatic N) is 1. The summed E-state index contributed by atoms with van der Waals surface area (Å²) in [6, 6.07) is 9.79. The van der Waals surface area contributed by atoms with Gasteiger partial charge in [0, 0.05) is 0 Å². The summed E-state index contributed by atoms with van der Waals surface area (Å²) in [5.74, 6) is 0.0935. The standard InChI is InChI=1S/C17H18N4O3/c1-10(15-20-12-6-3-4-7-13(12)21-15)18-16(22)11(2)19-17(23)14-8-5-9-24-14/h3-11H,1-2H3,(H,18,22)(H,19,23)(H,20,21). The zero-order chi connectivity index (χ0) is 17.1. The Balaban J connectivity index is 1.61. The second kappa shape index (κ2) is 6.57. The van der Waals surface area contributed by atoms with Crippen LogP contribution in [0.5, 0.6) is 0 Å². The van der Waals surface area contributed by atoms with Gasteiger partial charge in [0.1, 0.15) is 11.9 Å². The fourth-order valence-electron chi connectivity index (χ4n) is 2.33. The van der Waals surface area contributed by atoms with Crippen molar-refractivity contribution >= 4 is 22.8 Å². The Morgan fingerprint density at radius 2 is 1.92 bits per heavy atom. The van der Waals surface area contributed by atoms with Gasteiger partial charge in [-0.1, -0.05) is 12.1 Å². The van der Waals surface area contributed by atoms with Crippen LogP contribution in [0.15, 0.2) is 47.1 Å². The van der Waals surface area contributed by atoms with Gasteiger partial charge in [0.25, 0.3) is 5.91 Å². The molecule has 2 heterocycles. The van der Waals surface area contributed by atoms with Crippen molar-refractivity contribution < 1.29 is 14.0 Å². The number of para-hydroxylation sites is 2. The van der Waals surface area contributed by atoms with Crippen molar-refractivity contribution in [2.45, 2.75) is 25.9 Å². The van der Waals surface area contributed by atoms with Gasteiger partial charge < -0.3 is 20.0 Å². The van der Waals surface area contributed by atoms with E-state index < -0.39 is 11.9 Å². The number of nitrogens with one attached hydrogen (secondary N) is 3. The molecule has 3 rings (SSSR count). The number of aromatic nitrogens is 2. The van der Waals surface area contributed by atoms with E-state index in [1.165, 1.54) is 12.3 Å². The maximum atomic E-state index is 12.2. The molecule has 0 aliphatic rings. The molecule has 7 heteroatoms. The molecule has 124 valence electrons. The van der Waals surface area contributed by atoms with Crippen LogP contribution in [0.4, 0.5) is 0 Å². The molecule has 1 aromatic carbocycles. The number of amides is 2. The second-order valence-corrected chi connectivity index (χ2v) is 5.54. The minimum absolute atomic E-state index is 0.167. The summed E-state index contributed by atoms with van der Waals surface area (Å²) in [7, 11) is 0. The Morgan fingerprint density at radius 1 is 1.12 bits per heavy atom. The Hall–Kier alpha value is -3.09. The average Bonchev–Trinajstić information content (AvgIpc) is 3.23. The van der Waals surface area contributed by atoms with E-state index in [1.54, 1.807) is 13.0 Å². The molecule has 0 spiro atoms. The van der Waals surface area contributed by atoms with Crippen LogP contribution < -0.4 is 10.6 Å². The number of H-pyrrole nitrogens is 1. The monoisotopic (exact) mass is 326 g/mol. The van der Waals surface area contributed by atoms with Crippen LogP contribution in [0.1, 0.15) is 36.3 Å². The Kier molecular flexibility index (Phi) is 4.33. The maximum Gasteiger partial charge on any atom is 0.287 e. The summed E-state index contributed by atoms with van der Waals surface area (Å²) in [6.45, 7) is 3.44. The van der Waals surface area contributed by atoms with E-state index in [9.17, 15) is 9.59 Å². The van der Waals surface area contributed by atoms with E-state index in [0.717, 1.165) is 11.0 Å². The van der Waals surface area contributed by atoms with Crippen molar-refractivity contribution in [3.05, 3.63) is 54.2 Å². The number of rotatable bonds is 5. The molecule has 2 atom stereocenters. The number of furan rings is 1. The third-order valence-electron chi connectivity index (χ3n) is 3.66. The van der Waals surface area contributed by atoms with Gasteiger partial charge >= 0.3 is 0 Å². The summed E-state index contributed by atoms with van der Waals surface area (Å²) in [6.07, 6.45) is 1.41. The first-order chi connectivity index (χ1) is 11.5. The molecule has 0 bridgehead atoms. The molecule has 7 nitrogen and oxygen atoms in total. The van der Waals surface area contributed by atoms with Crippen molar-refractivity contribution in [3.63, 3.8) is 0 Å². The minimum atomic E-state index is -0.700. The van der Waals surface area contributed by atoms with Gasteiger partial charge in [0.15, 0.2) is 5.76 Å². The maximum absolute atomic E-state index is 12.2. The highest BCUT2D eigenvalue weighted by molar-refractivity contribution is 5.95. The van der Waals surface area contributed by atoms with Crippen molar-refractivity contribution in [2.75, 3.05) is 0 Å². The minimum Gasteiger partial charge on any atom is -0.459 e. The zero-order valence-corrected chi connectivity index (χ0v) is 13.4. The van der Waals surface area contributed by atoms with Gasteiger partial charge in [-0.2, -0.15) is 0 Å². The summed E-state index contributed by atoms with van der Waals surface area (Å²) in [5, 5.41) is 5.42. The molecule has 0 fully saturated rings. The van der Waals surface area contributed by atoms with Gasteiger partial charge in [0.05, 0.1) is 23.3 Å². The van der Waals surface area contributed by atoms with E-state index in [0.29, 0.717) is 5.82 Å². The normalized spacial score (nSPS) is 13.4. The molecule has 2 unspecified atom stereocenters. The van der Waals surface area contributed by atoms with Gasteiger partial charge in [-0.25, -0.2) is 4.98 Å². The molecule has 2 amide bonds. The Labute approximate surface area is 138 Å². The van der Waals surface area contributed by atoms with Gasteiger partial charge in [0.2, 0.25) is 5.91 Å². The van der Waals surface area contributed by atoms with E-state index in [4.69, 9.17) is 4.42 Å². The lowest BCUT2D eigenvalue weighted by Gasteiger charge is -2.16. The number of aromatic amines is 1. The first kappa shape index (κ1) is 15.8. The van der Waals surface area contributed by atoms with E-state index in [1.807, 2.05) is 31.2 Å². The second-order valence-electron chi connectivity index (χ2n) is 5.54. The first-order valence-electron chi connectivity index (χ1n) is 7.64. The molecule has 0 aliphatic carbocycles. The third kappa shape index (κ3) is 3.29. The molecule has 0 saturated carbocycles. The van der Waals surface area contributed by atoms with Crippen molar-refractivity contribution in [3.8, 4) is 0 Å². The lowest BCUT2D eigenvalue weighted by molar-refractivity contribution is -0.123. The number of carbonyl (C=O) groups is 2. The summed E-state index contributed by atoms with van der Waals surface area (Å²) in [4.78, 5) is 31.8. The molecule has 3 N–H and O–H groups in total. The summed E-state index contributed by atoms with van der Waals surface area (Å²) < 4.78 is 5.00. The molecule has 3 aromatic rings. The smallest absolute Gasteiger partial charge is 0.287 e. The number of hydrogen-bond donors (Lipinski definition) is 3. The van der Waals surface area contributed by atoms with E-state index >= 15 is 0 Å².